The highest BCUT2D eigenvalue weighted by atomic mass is 79.9. The molecule has 0 saturated carbocycles. The third kappa shape index (κ3) is 2.83. The van der Waals surface area contributed by atoms with Crippen molar-refractivity contribution in [3.8, 4) is 5.75 Å². The van der Waals surface area contributed by atoms with Gasteiger partial charge in [0.05, 0.1) is 4.47 Å². The van der Waals surface area contributed by atoms with E-state index in [9.17, 15) is 5.11 Å². The Labute approximate surface area is 112 Å². The summed E-state index contributed by atoms with van der Waals surface area (Å²) in [4.78, 5) is 0. The van der Waals surface area contributed by atoms with E-state index in [0.717, 1.165) is 35.1 Å². The monoisotopic (exact) mass is 297 g/mol. The average Bonchev–Trinajstić information content (AvgIpc) is 2.35. The van der Waals surface area contributed by atoms with Crippen LogP contribution in [0.25, 0.3) is 0 Å². The maximum Gasteiger partial charge on any atom is 0.133 e. The van der Waals surface area contributed by atoms with Gasteiger partial charge in [-0.15, -0.1) is 0 Å². The molecule has 1 heterocycles. The summed E-state index contributed by atoms with van der Waals surface area (Å²) in [5, 5.41) is 13.6. The van der Waals surface area contributed by atoms with Crippen LogP contribution in [0, 0.1) is 19.8 Å². The van der Waals surface area contributed by atoms with Gasteiger partial charge in [-0.05, 0) is 84.7 Å². The summed E-state index contributed by atoms with van der Waals surface area (Å²) in [5.41, 5.74) is 3.45. The van der Waals surface area contributed by atoms with Crippen LogP contribution in [0.3, 0.4) is 0 Å². The minimum atomic E-state index is 0.429. The highest BCUT2D eigenvalue weighted by Crippen LogP contribution is 2.35. The smallest absolute Gasteiger partial charge is 0.133 e. The predicted molar refractivity (Wildman–Crippen MR) is 74.6 cm³/mol. The third-order valence-corrected chi connectivity index (χ3v) is 4.70. The number of nitrogens with one attached hydrogen (secondary N) is 1. The van der Waals surface area contributed by atoms with Crippen LogP contribution < -0.4 is 5.32 Å². The van der Waals surface area contributed by atoms with E-state index in [1.54, 1.807) is 0 Å². The minimum Gasteiger partial charge on any atom is -0.506 e. The lowest BCUT2D eigenvalue weighted by Gasteiger charge is -2.23. The van der Waals surface area contributed by atoms with Gasteiger partial charge in [0.1, 0.15) is 5.75 Å². The molecule has 1 saturated heterocycles. The summed E-state index contributed by atoms with van der Waals surface area (Å²) in [5.74, 6) is 1.09. The zero-order valence-electron chi connectivity index (χ0n) is 10.5. The Kier molecular flexibility index (Phi) is 4.10. The number of hydrogen-bond donors (Lipinski definition) is 2. The molecule has 2 N–H and O–H groups in total. The van der Waals surface area contributed by atoms with Gasteiger partial charge in [-0.25, -0.2) is 0 Å². The number of aryl methyl sites for hydroxylation is 1. The van der Waals surface area contributed by atoms with Gasteiger partial charge in [0.2, 0.25) is 0 Å². The number of rotatable bonds is 2. The zero-order valence-corrected chi connectivity index (χ0v) is 12.1. The largest absolute Gasteiger partial charge is 0.506 e. The molecule has 1 aromatic rings. The molecule has 0 bridgehead atoms. The summed E-state index contributed by atoms with van der Waals surface area (Å²) >= 11 is 3.48. The molecule has 2 nitrogen and oxygen atoms in total. The van der Waals surface area contributed by atoms with E-state index in [1.807, 2.05) is 6.92 Å². The topological polar surface area (TPSA) is 32.3 Å². The molecule has 1 aliphatic rings. The van der Waals surface area contributed by atoms with Gasteiger partial charge in [-0.2, -0.15) is 0 Å². The molecule has 1 aromatic carbocycles. The van der Waals surface area contributed by atoms with Crippen LogP contribution in [-0.4, -0.2) is 18.2 Å². The molecule has 0 spiro atoms. The lowest BCUT2D eigenvalue weighted by molar-refractivity contribution is 0.369. The Morgan fingerprint density at radius 3 is 2.88 bits per heavy atom. The second kappa shape index (κ2) is 5.40. The van der Waals surface area contributed by atoms with Crippen LogP contribution in [0.15, 0.2) is 10.5 Å². The van der Waals surface area contributed by atoms with Crippen molar-refractivity contribution in [1.82, 2.24) is 5.32 Å². The fourth-order valence-corrected chi connectivity index (χ4v) is 3.06. The lowest BCUT2D eigenvalue weighted by Crippen LogP contribution is -2.30. The molecule has 1 atom stereocenters. The van der Waals surface area contributed by atoms with Crippen LogP contribution in [0.2, 0.25) is 0 Å². The number of phenols is 1. The predicted octanol–water partition coefficient (Wildman–Crippen LogP) is 3.31. The molecular formula is C14H20BrNO. The van der Waals surface area contributed by atoms with E-state index in [4.69, 9.17) is 0 Å². The number of hydrogen-bond acceptors (Lipinski definition) is 2. The normalized spacial score (nSPS) is 20.5. The van der Waals surface area contributed by atoms with Gasteiger partial charge in [0.15, 0.2) is 0 Å². The highest BCUT2D eigenvalue weighted by molar-refractivity contribution is 9.10. The van der Waals surface area contributed by atoms with Gasteiger partial charge in [0, 0.05) is 0 Å². The maximum absolute atomic E-state index is 10.2. The SMILES string of the molecule is Cc1cc(CC2CCCNC2)c(O)c(Br)c1C. The van der Waals surface area contributed by atoms with E-state index in [2.05, 4.69) is 34.2 Å². The fraction of sp³-hybridized carbons (Fsp3) is 0.571. The zero-order chi connectivity index (χ0) is 12.4. The summed E-state index contributed by atoms with van der Waals surface area (Å²) in [6.07, 6.45) is 3.48. The molecule has 2 rings (SSSR count). The van der Waals surface area contributed by atoms with E-state index >= 15 is 0 Å². The standard InChI is InChI=1S/C14H20BrNO/c1-9-6-12(14(17)13(15)10(9)2)7-11-4-3-5-16-8-11/h6,11,16-17H,3-5,7-8H2,1-2H3. The molecule has 94 valence electrons. The van der Waals surface area contributed by atoms with Crippen molar-refractivity contribution in [2.45, 2.75) is 33.1 Å². The molecule has 0 radical (unpaired) electrons. The Bertz CT molecular complexity index is 411. The van der Waals surface area contributed by atoms with E-state index < -0.39 is 0 Å². The number of aromatic hydroxyl groups is 1. The summed E-state index contributed by atoms with van der Waals surface area (Å²) in [6.45, 7) is 6.34. The molecule has 0 amide bonds. The van der Waals surface area contributed by atoms with Crippen LogP contribution in [-0.2, 0) is 6.42 Å². The van der Waals surface area contributed by atoms with E-state index in [-0.39, 0.29) is 0 Å². The van der Waals surface area contributed by atoms with E-state index in [1.165, 1.54) is 18.4 Å². The van der Waals surface area contributed by atoms with Gasteiger partial charge >= 0.3 is 0 Å². The van der Waals surface area contributed by atoms with Gasteiger partial charge in [-0.3, -0.25) is 0 Å². The summed E-state index contributed by atoms with van der Waals surface area (Å²) in [7, 11) is 0. The van der Waals surface area contributed by atoms with Crippen molar-refractivity contribution in [1.29, 1.82) is 0 Å². The molecule has 0 aliphatic carbocycles. The quantitative estimate of drug-likeness (QED) is 0.878. The van der Waals surface area contributed by atoms with Gasteiger partial charge in [-0.1, -0.05) is 6.07 Å². The Hall–Kier alpha value is -0.540. The second-order valence-electron chi connectivity index (χ2n) is 5.06. The molecular weight excluding hydrogens is 278 g/mol. The first kappa shape index (κ1) is 12.9. The van der Waals surface area contributed by atoms with Crippen molar-refractivity contribution in [2.75, 3.05) is 13.1 Å². The first-order valence-corrected chi connectivity index (χ1v) is 7.07. The van der Waals surface area contributed by atoms with Crippen molar-refractivity contribution in [3.05, 3.63) is 27.2 Å². The molecule has 17 heavy (non-hydrogen) atoms. The molecule has 0 aromatic heterocycles. The Morgan fingerprint density at radius 1 is 1.47 bits per heavy atom. The van der Waals surface area contributed by atoms with Gasteiger partial charge < -0.3 is 10.4 Å². The second-order valence-corrected chi connectivity index (χ2v) is 5.85. The summed E-state index contributed by atoms with van der Waals surface area (Å²) < 4.78 is 0.858. The highest BCUT2D eigenvalue weighted by Gasteiger charge is 2.17. The van der Waals surface area contributed by atoms with Crippen molar-refractivity contribution in [2.24, 2.45) is 5.92 Å². The number of benzene rings is 1. The fourth-order valence-electron chi connectivity index (χ4n) is 2.49. The third-order valence-electron chi connectivity index (χ3n) is 3.73. The number of piperidine rings is 1. The Morgan fingerprint density at radius 2 is 2.24 bits per heavy atom. The van der Waals surface area contributed by atoms with E-state index in [0.29, 0.717) is 11.7 Å². The van der Waals surface area contributed by atoms with Crippen LogP contribution in [0.1, 0.15) is 29.5 Å². The minimum absolute atomic E-state index is 0.429. The number of halogens is 1. The lowest BCUT2D eigenvalue weighted by atomic mass is 9.90. The summed E-state index contributed by atoms with van der Waals surface area (Å²) in [6, 6.07) is 2.13. The maximum atomic E-state index is 10.2. The van der Waals surface area contributed by atoms with Crippen molar-refractivity contribution < 1.29 is 5.11 Å². The average molecular weight is 298 g/mol. The van der Waals surface area contributed by atoms with Gasteiger partial charge in [0.25, 0.3) is 0 Å². The van der Waals surface area contributed by atoms with Crippen molar-refractivity contribution >= 4 is 15.9 Å². The van der Waals surface area contributed by atoms with Crippen LogP contribution in [0.4, 0.5) is 0 Å². The first-order valence-electron chi connectivity index (χ1n) is 6.28. The van der Waals surface area contributed by atoms with Crippen LogP contribution in [0.5, 0.6) is 5.75 Å². The van der Waals surface area contributed by atoms with Crippen LogP contribution >= 0.6 is 15.9 Å². The molecule has 1 fully saturated rings. The number of phenolic OH excluding ortho intramolecular Hbond substituents is 1. The van der Waals surface area contributed by atoms with Crippen molar-refractivity contribution in [3.63, 3.8) is 0 Å². The Balaban J connectivity index is 2.20. The molecule has 3 heteroatoms. The molecule has 1 aliphatic heterocycles. The molecule has 1 unspecified atom stereocenters. The first-order chi connectivity index (χ1) is 8.09.